The van der Waals surface area contributed by atoms with Crippen molar-refractivity contribution in [2.75, 3.05) is 26.2 Å². The van der Waals surface area contributed by atoms with Crippen LogP contribution < -0.4 is 4.74 Å². The van der Waals surface area contributed by atoms with Crippen molar-refractivity contribution in [3.05, 3.63) is 80.0 Å². The summed E-state index contributed by atoms with van der Waals surface area (Å²) in [7, 11) is -3.85. The van der Waals surface area contributed by atoms with Crippen LogP contribution in [0.1, 0.15) is 34.9 Å². The monoisotopic (exact) mass is 578 g/mol. The van der Waals surface area contributed by atoms with Gasteiger partial charge >= 0.3 is 0 Å². The first-order valence-electron chi connectivity index (χ1n) is 12.2. The molecule has 1 aromatic heterocycles. The number of ether oxygens (including phenoxy) is 1. The van der Waals surface area contributed by atoms with Crippen LogP contribution in [-0.2, 0) is 21.2 Å². The van der Waals surface area contributed by atoms with Crippen LogP contribution in [0.15, 0.2) is 58.8 Å². The van der Waals surface area contributed by atoms with E-state index in [1.807, 2.05) is 30.5 Å². The molecule has 0 N–H and O–H groups in total. The van der Waals surface area contributed by atoms with Crippen LogP contribution in [0.25, 0.3) is 0 Å². The Hall–Kier alpha value is -2.10. The van der Waals surface area contributed by atoms with Gasteiger partial charge in [-0.15, -0.1) is 11.3 Å². The van der Waals surface area contributed by atoms with Crippen molar-refractivity contribution in [2.24, 2.45) is 5.92 Å². The average Bonchev–Trinajstić information content (AvgIpc) is 3.56. The highest BCUT2D eigenvalue weighted by molar-refractivity contribution is 7.89. The number of halogens is 2. The molecule has 1 atom stereocenters. The lowest BCUT2D eigenvalue weighted by atomic mass is 10.0. The van der Waals surface area contributed by atoms with E-state index in [4.69, 9.17) is 27.9 Å². The molecule has 0 bridgehead atoms. The summed E-state index contributed by atoms with van der Waals surface area (Å²) in [6.45, 7) is 2.82. The van der Waals surface area contributed by atoms with Crippen molar-refractivity contribution in [2.45, 2.75) is 37.1 Å². The van der Waals surface area contributed by atoms with Crippen LogP contribution in [0, 0.1) is 12.8 Å². The largest absolute Gasteiger partial charge is 0.491 e. The van der Waals surface area contributed by atoms with E-state index >= 15 is 0 Å². The highest BCUT2D eigenvalue weighted by atomic mass is 35.5. The normalized spacial score (nSPS) is 17.6. The van der Waals surface area contributed by atoms with Crippen LogP contribution in [0.3, 0.4) is 0 Å². The number of carbonyl (C=O) groups excluding carboxylic acids is 1. The molecular weight excluding hydrogens is 551 g/mol. The van der Waals surface area contributed by atoms with Crippen LogP contribution >= 0.6 is 34.5 Å². The number of carbonyl (C=O) groups is 1. The standard InChI is InChI=1S/C27H28Cl2N2O4S2/c1-18-14-21(6-9-24(18)29)35-17-25-23-11-13-36-26(23)10-12-31(25)27(32)16-30(15-19-2-3-19)37(33,34)22-7-4-20(28)5-8-22/h4-9,11,13-14,19,25H,2-3,10,12,15-17H2,1H3/t25-/m1/s1. The predicted molar refractivity (Wildman–Crippen MR) is 147 cm³/mol. The number of sulfonamides is 1. The van der Waals surface area contributed by atoms with E-state index in [0.29, 0.717) is 28.9 Å². The van der Waals surface area contributed by atoms with Crippen molar-refractivity contribution < 1.29 is 17.9 Å². The molecule has 0 spiro atoms. The first-order chi connectivity index (χ1) is 17.7. The summed E-state index contributed by atoms with van der Waals surface area (Å²) in [5, 5.41) is 3.16. The maximum atomic E-state index is 13.7. The fourth-order valence-corrected chi connectivity index (χ4v) is 7.23. The maximum absolute atomic E-state index is 13.7. The van der Waals surface area contributed by atoms with Crippen LogP contribution in [-0.4, -0.2) is 49.8 Å². The highest BCUT2D eigenvalue weighted by Gasteiger charge is 2.37. The van der Waals surface area contributed by atoms with Crippen molar-refractivity contribution >= 4 is 50.5 Å². The van der Waals surface area contributed by atoms with Gasteiger partial charge in [0, 0.05) is 28.0 Å². The first kappa shape index (κ1) is 26.5. The number of hydrogen-bond donors (Lipinski definition) is 0. The number of rotatable bonds is 9. The van der Waals surface area contributed by atoms with E-state index in [9.17, 15) is 13.2 Å². The lowest BCUT2D eigenvalue weighted by molar-refractivity contribution is -0.135. The number of nitrogens with zero attached hydrogens (tertiary/aromatic N) is 2. The Morgan fingerprint density at radius 2 is 1.89 bits per heavy atom. The second-order valence-electron chi connectivity index (χ2n) is 9.57. The Labute approximate surface area is 231 Å². The highest BCUT2D eigenvalue weighted by Crippen LogP contribution is 2.36. The Balaban J connectivity index is 1.37. The number of benzene rings is 2. The van der Waals surface area contributed by atoms with Crippen molar-refractivity contribution in [1.29, 1.82) is 0 Å². The second-order valence-corrected chi connectivity index (χ2v) is 13.4. The van der Waals surface area contributed by atoms with Gasteiger partial charge in [-0.2, -0.15) is 4.31 Å². The molecule has 196 valence electrons. The molecule has 1 aliphatic heterocycles. The molecule has 10 heteroatoms. The summed E-state index contributed by atoms with van der Waals surface area (Å²) >= 11 is 13.8. The van der Waals surface area contributed by atoms with Gasteiger partial charge < -0.3 is 9.64 Å². The van der Waals surface area contributed by atoms with Crippen LogP contribution in [0.4, 0.5) is 0 Å². The number of fused-ring (bicyclic) bond motifs is 1. The molecule has 1 saturated carbocycles. The van der Waals surface area contributed by atoms with Crippen LogP contribution in [0.5, 0.6) is 5.75 Å². The summed E-state index contributed by atoms with van der Waals surface area (Å²) < 4.78 is 34.5. The number of aryl methyl sites for hydroxylation is 1. The molecule has 0 saturated heterocycles. The van der Waals surface area contributed by atoms with E-state index in [1.165, 1.54) is 21.3 Å². The number of amides is 1. The van der Waals surface area contributed by atoms with Crippen LogP contribution in [0.2, 0.25) is 10.0 Å². The zero-order chi connectivity index (χ0) is 26.2. The summed E-state index contributed by atoms with van der Waals surface area (Å²) in [5.74, 6) is 0.736. The number of thiophene rings is 1. The maximum Gasteiger partial charge on any atom is 0.243 e. The molecule has 2 aliphatic rings. The quantitative estimate of drug-likeness (QED) is 0.314. The minimum Gasteiger partial charge on any atom is -0.491 e. The topological polar surface area (TPSA) is 66.9 Å². The van der Waals surface area contributed by atoms with E-state index in [-0.39, 0.29) is 35.9 Å². The summed E-state index contributed by atoms with van der Waals surface area (Å²) in [6, 6.07) is 13.3. The fraction of sp³-hybridized carbons (Fsp3) is 0.370. The Morgan fingerprint density at radius 1 is 1.14 bits per heavy atom. The fourth-order valence-electron chi connectivity index (χ4n) is 4.59. The minimum absolute atomic E-state index is 0.141. The summed E-state index contributed by atoms with van der Waals surface area (Å²) in [6.07, 6.45) is 2.68. The average molecular weight is 580 g/mol. The van der Waals surface area contributed by atoms with E-state index in [0.717, 1.165) is 30.4 Å². The second kappa shape index (κ2) is 10.9. The lowest BCUT2D eigenvalue weighted by Gasteiger charge is -2.37. The molecule has 6 nitrogen and oxygen atoms in total. The van der Waals surface area contributed by atoms with E-state index in [1.54, 1.807) is 34.4 Å². The minimum atomic E-state index is -3.85. The van der Waals surface area contributed by atoms with Gasteiger partial charge in [0.25, 0.3) is 0 Å². The SMILES string of the molecule is Cc1cc(OC[C@@H]2c3ccsc3CCN2C(=O)CN(CC2CC2)S(=O)(=O)c2ccc(Cl)cc2)ccc1Cl. The van der Waals surface area contributed by atoms with Gasteiger partial charge in [-0.1, -0.05) is 23.2 Å². The third-order valence-corrected chi connectivity index (χ3v) is 10.4. The molecule has 2 heterocycles. The molecule has 1 fully saturated rings. The molecule has 2 aromatic carbocycles. The smallest absolute Gasteiger partial charge is 0.243 e. The summed E-state index contributed by atoms with van der Waals surface area (Å²) in [5.41, 5.74) is 1.97. The van der Waals surface area contributed by atoms with Gasteiger partial charge in [0.05, 0.1) is 17.5 Å². The van der Waals surface area contributed by atoms with Gasteiger partial charge in [-0.25, -0.2) is 8.42 Å². The molecule has 3 aromatic rings. The summed E-state index contributed by atoms with van der Waals surface area (Å²) in [4.78, 5) is 16.9. The van der Waals surface area contributed by atoms with Crippen molar-refractivity contribution in [3.63, 3.8) is 0 Å². The Bertz CT molecular complexity index is 1390. The third-order valence-electron chi connectivity index (χ3n) is 6.87. The molecule has 0 radical (unpaired) electrons. The molecule has 1 aliphatic carbocycles. The zero-order valence-corrected chi connectivity index (χ0v) is 23.5. The van der Waals surface area contributed by atoms with Gasteiger partial charge in [-0.05, 0) is 97.1 Å². The third kappa shape index (κ3) is 5.99. The predicted octanol–water partition coefficient (Wildman–Crippen LogP) is 5.97. The zero-order valence-electron chi connectivity index (χ0n) is 20.4. The first-order valence-corrected chi connectivity index (χ1v) is 15.3. The van der Waals surface area contributed by atoms with Gasteiger partial charge in [0.2, 0.25) is 15.9 Å². The Morgan fingerprint density at radius 3 is 2.59 bits per heavy atom. The van der Waals surface area contributed by atoms with Crippen molar-refractivity contribution in [1.82, 2.24) is 9.21 Å². The lowest BCUT2D eigenvalue weighted by Crippen LogP contribution is -2.48. The van der Waals surface area contributed by atoms with Gasteiger partial charge in [0.15, 0.2) is 0 Å². The van der Waals surface area contributed by atoms with E-state index < -0.39 is 10.0 Å². The van der Waals surface area contributed by atoms with Gasteiger partial charge in [-0.3, -0.25) is 4.79 Å². The molecule has 0 unspecified atom stereocenters. The molecule has 1 amide bonds. The Kier molecular flexibility index (Phi) is 7.84. The number of hydrogen-bond acceptors (Lipinski definition) is 5. The van der Waals surface area contributed by atoms with E-state index in [2.05, 4.69) is 0 Å². The van der Waals surface area contributed by atoms with Gasteiger partial charge in [0.1, 0.15) is 12.4 Å². The molecule has 5 rings (SSSR count). The van der Waals surface area contributed by atoms with Crippen molar-refractivity contribution in [3.8, 4) is 5.75 Å². The molecular formula is C27H28Cl2N2O4S2. The molecule has 37 heavy (non-hydrogen) atoms.